The van der Waals surface area contributed by atoms with Gasteiger partial charge < -0.3 is 4.52 Å². The number of primary sulfonamides is 1. The third kappa shape index (κ3) is 4.56. The SMILES string of the molecule is NS(=O)(=O)c1ccc(OP(=O)(Sc2ccccc2)c2ccccc2)cc1. The summed E-state index contributed by atoms with van der Waals surface area (Å²) in [4.78, 5) is 0.774. The van der Waals surface area contributed by atoms with Gasteiger partial charge in [-0.25, -0.2) is 13.6 Å². The Labute approximate surface area is 156 Å². The molecule has 0 aliphatic rings. The minimum absolute atomic E-state index is 0.0323. The van der Waals surface area contributed by atoms with E-state index in [1.807, 2.05) is 36.4 Å². The number of hydrogen-bond acceptors (Lipinski definition) is 5. The van der Waals surface area contributed by atoms with E-state index in [-0.39, 0.29) is 4.90 Å². The highest BCUT2D eigenvalue weighted by Crippen LogP contribution is 2.61. The van der Waals surface area contributed by atoms with E-state index in [1.54, 1.807) is 24.3 Å². The van der Waals surface area contributed by atoms with Gasteiger partial charge in [0, 0.05) is 4.90 Å². The van der Waals surface area contributed by atoms with E-state index in [9.17, 15) is 13.0 Å². The Morgan fingerprint density at radius 3 is 1.88 bits per heavy atom. The maximum Gasteiger partial charge on any atom is 0.337 e. The van der Waals surface area contributed by atoms with Crippen LogP contribution in [-0.4, -0.2) is 8.42 Å². The van der Waals surface area contributed by atoms with E-state index in [0.29, 0.717) is 11.1 Å². The molecule has 8 heteroatoms. The van der Waals surface area contributed by atoms with Crippen LogP contribution < -0.4 is 15.0 Å². The highest BCUT2D eigenvalue weighted by atomic mass is 32.7. The van der Waals surface area contributed by atoms with Gasteiger partial charge in [-0.1, -0.05) is 36.4 Å². The second-order valence-corrected chi connectivity index (χ2v) is 11.2. The maximum atomic E-state index is 13.6. The zero-order valence-electron chi connectivity index (χ0n) is 13.6. The lowest BCUT2D eigenvalue weighted by Crippen LogP contribution is -2.12. The fraction of sp³-hybridized carbons (Fsp3) is 0. The van der Waals surface area contributed by atoms with Gasteiger partial charge in [-0.15, -0.1) is 0 Å². The van der Waals surface area contributed by atoms with Gasteiger partial charge in [0.25, 0.3) is 0 Å². The van der Waals surface area contributed by atoms with Crippen molar-refractivity contribution in [1.29, 1.82) is 0 Å². The number of nitrogens with two attached hydrogens (primary N) is 1. The molecule has 0 spiro atoms. The summed E-state index contributed by atoms with van der Waals surface area (Å²) in [6.45, 7) is -3.34. The fourth-order valence-corrected chi connectivity index (χ4v) is 6.69. The Morgan fingerprint density at radius 2 is 1.35 bits per heavy atom. The summed E-state index contributed by atoms with van der Waals surface area (Å²) in [5, 5.41) is 5.66. The van der Waals surface area contributed by atoms with Gasteiger partial charge >= 0.3 is 6.57 Å². The quantitative estimate of drug-likeness (QED) is 0.626. The van der Waals surface area contributed by atoms with Crippen LogP contribution >= 0.6 is 18.0 Å². The van der Waals surface area contributed by atoms with Crippen LogP contribution in [0.5, 0.6) is 5.75 Å². The van der Waals surface area contributed by atoms with E-state index >= 15 is 0 Å². The van der Waals surface area contributed by atoms with Crippen molar-refractivity contribution in [3.8, 4) is 5.75 Å². The first-order valence-corrected chi connectivity index (χ1v) is 12.2. The zero-order chi connectivity index (χ0) is 18.6. The van der Waals surface area contributed by atoms with Crippen LogP contribution in [0.2, 0.25) is 0 Å². The summed E-state index contributed by atoms with van der Waals surface area (Å²) in [6.07, 6.45) is 0. The minimum atomic E-state index is -3.79. The van der Waals surface area contributed by atoms with Crippen LogP contribution in [-0.2, 0) is 14.6 Å². The monoisotopic (exact) mass is 405 g/mol. The summed E-state index contributed by atoms with van der Waals surface area (Å²) >= 11 is 1.14. The molecule has 0 fully saturated rings. The summed E-state index contributed by atoms with van der Waals surface area (Å²) in [7, 11) is -3.79. The van der Waals surface area contributed by atoms with Gasteiger partial charge in [-0.3, -0.25) is 4.57 Å². The summed E-state index contributed by atoms with van der Waals surface area (Å²) in [5.41, 5.74) is 0. The summed E-state index contributed by atoms with van der Waals surface area (Å²) in [5.74, 6) is 0.299. The summed E-state index contributed by atoms with van der Waals surface area (Å²) in [6, 6.07) is 23.8. The molecule has 0 bridgehead atoms. The molecule has 3 aromatic rings. The molecule has 1 unspecified atom stereocenters. The van der Waals surface area contributed by atoms with Crippen LogP contribution in [0.1, 0.15) is 0 Å². The Bertz CT molecular complexity index is 1020. The van der Waals surface area contributed by atoms with E-state index in [0.717, 1.165) is 16.3 Å². The van der Waals surface area contributed by atoms with E-state index < -0.39 is 16.6 Å². The third-order valence-electron chi connectivity index (χ3n) is 3.42. The molecule has 0 aromatic heterocycles. The number of benzene rings is 3. The molecule has 5 nitrogen and oxygen atoms in total. The minimum Gasteiger partial charge on any atom is -0.433 e. The van der Waals surface area contributed by atoms with Gasteiger partial charge in [-0.2, -0.15) is 0 Å². The first-order chi connectivity index (χ1) is 12.4. The molecule has 0 saturated heterocycles. The van der Waals surface area contributed by atoms with Gasteiger partial charge in [0.2, 0.25) is 10.0 Å². The van der Waals surface area contributed by atoms with Crippen LogP contribution in [0.25, 0.3) is 0 Å². The molecule has 0 amide bonds. The second kappa shape index (κ2) is 7.68. The van der Waals surface area contributed by atoms with E-state index in [1.165, 1.54) is 24.3 Å². The van der Waals surface area contributed by atoms with Gasteiger partial charge in [0.05, 0.1) is 10.2 Å². The molecule has 0 heterocycles. The molecular formula is C18H16NO4PS2. The maximum absolute atomic E-state index is 13.6. The predicted molar refractivity (Wildman–Crippen MR) is 104 cm³/mol. The molecule has 1 atom stereocenters. The van der Waals surface area contributed by atoms with E-state index in [4.69, 9.17) is 9.66 Å². The topological polar surface area (TPSA) is 86.5 Å². The highest BCUT2D eigenvalue weighted by molar-refractivity contribution is 8.58. The molecular weight excluding hydrogens is 389 g/mol. The Balaban J connectivity index is 1.95. The van der Waals surface area contributed by atoms with Crippen molar-refractivity contribution in [2.75, 3.05) is 0 Å². The van der Waals surface area contributed by atoms with Gasteiger partial charge in [-0.05, 0) is 59.9 Å². The van der Waals surface area contributed by atoms with Crippen LogP contribution in [0.4, 0.5) is 0 Å². The van der Waals surface area contributed by atoms with E-state index in [2.05, 4.69) is 0 Å². The number of rotatable bonds is 6. The van der Waals surface area contributed by atoms with Crippen molar-refractivity contribution in [2.24, 2.45) is 5.14 Å². The van der Waals surface area contributed by atoms with Crippen molar-refractivity contribution < 1.29 is 17.5 Å². The van der Waals surface area contributed by atoms with Crippen LogP contribution in [0.15, 0.2) is 94.7 Å². The predicted octanol–water partition coefficient (Wildman–Crippen LogP) is 4.02. The second-order valence-electron chi connectivity index (χ2n) is 5.35. The fourth-order valence-electron chi connectivity index (χ4n) is 2.18. The van der Waals surface area contributed by atoms with Crippen LogP contribution in [0, 0.1) is 0 Å². The normalized spacial score (nSPS) is 13.7. The lowest BCUT2D eigenvalue weighted by Gasteiger charge is -2.19. The number of sulfonamides is 1. The van der Waals surface area contributed by atoms with Crippen molar-refractivity contribution in [3.63, 3.8) is 0 Å². The molecule has 3 aromatic carbocycles. The molecule has 3 rings (SSSR count). The smallest absolute Gasteiger partial charge is 0.337 e. The standard InChI is InChI=1S/C18H16NO4PS2/c19-26(21,22)18-13-11-15(12-14-18)23-24(20,16-7-3-1-4-8-16)25-17-9-5-2-6-10-17/h1-14H,(H2,19,21,22). The zero-order valence-corrected chi connectivity index (χ0v) is 16.1. The molecule has 26 heavy (non-hydrogen) atoms. The molecule has 0 aliphatic carbocycles. The third-order valence-corrected chi connectivity index (χ3v) is 8.66. The average Bonchev–Trinajstić information content (AvgIpc) is 2.63. The number of hydrogen-bond donors (Lipinski definition) is 1. The largest absolute Gasteiger partial charge is 0.433 e. The van der Waals surface area contributed by atoms with Crippen molar-refractivity contribution in [2.45, 2.75) is 9.79 Å². The summed E-state index contributed by atoms with van der Waals surface area (Å²) < 4.78 is 42.2. The lowest BCUT2D eigenvalue weighted by atomic mass is 10.3. The molecule has 2 N–H and O–H groups in total. The Hall–Kier alpha value is -2.05. The molecule has 0 radical (unpaired) electrons. The van der Waals surface area contributed by atoms with Gasteiger partial charge in [0.15, 0.2) is 0 Å². The average molecular weight is 405 g/mol. The Kier molecular flexibility index (Phi) is 5.53. The first kappa shape index (κ1) is 18.7. The van der Waals surface area contributed by atoms with Crippen molar-refractivity contribution in [3.05, 3.63) is 84.9 Å². The van der Waals surface area contributed by atoms with Crippen molar-refractivity contribution >= 4 is 33.3 Å². The van der Waals surface area contributed by atoms with Crippen molar-refractivity contribution in [1.82, 2.24) is 0 Å². The molecule has 0 aliphatic heterocycles. The lowest BCUT2D eigenvalue weighted by molar-refractivity contribution is 0.509. The van der Waals surface area contributed by atoms with Crippen LogP contribution in [0.3, 0.4) is 0 Å². The molecule has 134 valence electrons. The molecule has 0 saturated carbocycles. The highest BCUT2D eigenvalue weighted by Gasteiger charge is 2.29. The van der Waals surface area contributed by atoms with Gasteiger partial charge in [0.1, 0.15) is 5.75 Å². The Morgan fingerprint density at radius 1 is 0.808 bits per heavy atom. The first-order valence-electron chi connectivity index (χ1n) is 7.60.